The molecule has 1 amide bonds. The molecule has 0 saturated carbocycles. The SMILES string of the molecule is O=C(Cc1ncc(COc2ccccc2)s1)NCC1CCOC1. The third-order valence-electron chi connectivity index (χ3n) is 3.65. The Kier molecular flexibility index (Phi) is 5.60. The molecule has 1 unspecified atom stereocenters. The molecule has 2 heterocycles. The zero-order valence-electron chi connectivity index (χ0n) is 12.9. The summed E-state index contributed by atoms with van der Waals surface area (Å²) in [5, 5.41) is 3.77. The van der Waals surface area contributed by atoms with E-state index in [1.807, 2.05) is 30.3 Å². The van der Waals surface area contributed by atoms with Gasteiger partial charge in [-0.25, -0.2) is 4.98 Å². The van der Waals surface area contributed by atoms with Crippen LogP contribution in [0.25, 0.3) is 0 Å². The number of rotatable bonds is 7. The van der Waals surface area contributed by atoms with Crippen molar-refractivity contribution in [3.63, 3.8) is 0 Å². The number of nitrogens with zero attached hydrogens (tertiary/aromatic N) is 1. The average molecular weight is 332 g/mol. The van der Waals surface area contributed by atoms with E-state index in [0.717, 1.165) is 35.3 Å². The Hall–Kier alpha value is -1.92. The van der Waals surface area contributed by atoms with Crippen molar-refractivity contribution in [3.05, 3.63) is 46.4 Å². The van der Waals surface area contributed by atoms with Gasteiger partial charge in [-0.05, 0) is 18.6 Å². The predicted molar refractivity (Wildman–Crippen MR) is 88.5 cm³/mol. The maximum Gasteiger partial charge on any atom is 0.226 e. The van der Waals surface area contributed by atoms with E-state index in [9.17, 15) is 4.79 Å². The fraction of sp³-hybridized carbons (Fsp3) is 0.412. The highest BCUT2D eigenvalue weighted by atomic mass is 32.1. The number of hydrogen-bond donors (Lipinski definition) is 1. The van der Waals surface area contributed by atoms with Crippen molar-refractivity contribution < 1.29 is 14.3 Å². The molecule has 5 nitrogen and oxygen atoms in total. The molecule has 1 aliphatic heterocycles. The lowest BCUT2D eigenvalue weighted by atomic mass is 10.1. The van der Waals surface area contributed by atoms with E-state index >= 15 is 0 Å². The van der Waals surface area contributed by atoms with Crippen molar-refractivity contribution in [2.45, 2.75) is 19.4 Å². The second-order valence-electron chi connectivity index (χ2n) is 5.53. The van der Waals surface area contributed by atoms with Crippen LogP contribution in [-0.2, 0) is 22.6 Å². The summed E-state index contributed by atoms with van der Waals surface area (Å²) in [4.78, 5) is 17.3. The number of para-hydroxylation sites is 1. The molecular weight excluding hydrogens is 312 g/mol. The van der Waals surface area contributed by atoms with Crippen LogP contribution in [-0.4, -0.2) is 30.6 Å². The molecule has 0 radical (unpaired) electrons. The van der Waals surface area contributed by atoms with Crippen molar-refractivity contribution in [3.8, 4) is 5.75 Å². The third kappa shape index (κ3) is 5.04. The minimum Gasteiger partial charge on any atom is -0.488 e. The molecule has 1 N–H and O–H groups in total. The molecule has 1 saturated heterocycles. The van der Waals surface area contributed by atoms with E-state index in [1.54, 1.807) is 6.20 Å². The lowest BCUT2D eigenvalue weighted by molar-refractivity contribution is -0.120. The van der Waals surface area contributed by atoms with E-state index < -0.39 is 0 Å². The van der Waals surface area contributed by atoms with Crippen LogP contribution in [0.15, 0.2) is 36.5 Å². The average Bonchev–Trinajstić information content (AvgIpc) is 3.24. The summed E-state index contributed by atoms with van der Waals surface area (Å²) in [5.41, 5.74) is 0. The molecule has 6 heteroatoms. The van der Waals surface area contributed by atoms with Gasteiger partial charge in [-0.1, -0.05) is 18.2 Å². The maximum atomic E-state index is 11.9. The molecule has 0 bridgehead atoms. The van der Waals surface area contributed by atoms with E-state index in [1.165, 1.54) is 11.3 Å². The highest BCUT2D eigenvalue weighted by Crippen LogP contribution is 2.17. The number of ether oxygens (including phenoxy) is 2. The molecule has 0 spiro atoms. The molecule has 23 heavy (non-hydrogen) atoms. The van der Waals surface area contributed by atoms with E-state index in [0.29, 0.717) is 25.5 Å². The molecule has 0 aliphatic carbocycles. The van der Waals surface area contributed by atoms with E-state index in [4.69, 9.17) is 9.47 Å². The first-order valence-electron chi connectivity index (χ1n) is 7.75. The van der Waals surface area contributed by atoms with Gasteiger partial charge in [-0.3, -0.25) is 4.79 Å². The summed E-state index contributed by atoms with van der Waals surface area (Å²) in [5.74, 6) is 1.30. The van der Waals surface area contributed by atoms with Gasteiger partial charge in [0.2, 0.25) is 5.91 Å². The monoisotopic (exact) mass is 332 g/mol. The number of carbonyl (C=O) groups excluding carboxylic acids is 1. The summed E-state index contributed by atoms with van der Waals surface area (Å²) >= 11 is 1.52. The lowest BCUT2D eigenvalue weighted by Gasteiger charge is -2.08. The lowest BCUT2D eigenvalue weighted by Crippen LogP contribution is -2.30. The zero-order valence-corrected chi connectivity index (χ0v) is 13.7. The van der Waals surface area contributed by atoms with Gasteiger partial charge in [0.25, 0.3) is 0 Å². The quantitative estimate of drug-likeness (QED) is 0.846. The third-order valence-corrected chi connectivity index (χ3v) is 4.62. The van der Waals surface area contributed by atoms with Crippen LogP contribution < -0.4 is 10.1 Å². The molecule has 1 fully saturated rings. The topological polar surface area (TPSA) is 60.5 Å². The summed E-state index contributed by atoms with van der Waals surface area (Å²) in [7, 11) is 0. The normalized spacial score (nSPS) is 17.1. The number of nitrogens with one attached hydrogen (secondary N) is 1. The number of carbonyl (C=O) groups is 1. The van der Waals surface area contributed by atoms with Crippen LogP contribution in [0, 0.1) is 5.92 Å². The van der Waals surface area contributed by atoms with Gasteiger partial charge in [-0.2, -0.15) is 0 Å². The second kappa shape index (κ2) is 8.08. The molecule has 1 aliphatic rings. The zero-order chi connectivity index (χ0) is 15.9. The molecule has 2 aromatic rings. The van der Waals surface area contributed by atoms with E-state index in [2.05, 4.69) is 10.3 Å². The molecule has 1 aromatic heterocycles. The van der Waals surface area contributed by atoms with Gasteiger partial charge in [0.1, 0.15) is 17.4 Å². The minimum absolute atomic E-state index is 0.0155. The Bertz CT molecular complexity index is 624. The Morgan fingerprint density at radius 1 is 1.39 bits per heavy atom. The second-order valence-corrected chi connectivity index (χ2v) is 6.73. The number of thiazole rings is 1. The predicted octanol–water partition coefficient (Wildman–Crippen LogP) is 2.42. The molecule has 3 rings (SSSR count). The van der Waals surface area contributed by atoms with Crippen LogP contribution in [0.4, 0.5) is 0 Å². The van der Waals surface area contributed by atoms with E-state index in [-0.39, 0.29) is 5.91 Å². The van der Waals surface area contributed by atoms with Crippen LogP contribution >= 0.6 is 11.3 Å². The van der Waals surface area contributed by atoms with Gasteiger partial charge in [0, 0.05) is 25.3 Å². The standard InChI is InChI=1S/C17H20N2O3S/c20-16(18-9-13-6-7-21-11-13)8-17-19-10-15(23-17)12-22-14-4-2-1-3-5-14/h1-5,10,13H,6-9,11-12H2,(H,18,20). The molecule has 1 aromatic carbocycles. The van der Waals surface area contributed by atoms with Crippen molar-refractivity contribution in [1.29, 1.82) is 0 Å². The van der Waals surface area contributed by atoms with Crippen LogP contribution in [0.5, 0.6) is 5.75 Å². The summed E-state index contributed by atoms with van der Waals surface area (Å²) < 4.78 is 11.0. The fourth-order valence-electron chi connectivity index (χ4n) is 2.37. The Labute approximate surface area is 139 Å². The summed E-state index contributed by atoms with van der Waals surface area (Å²) in [6.45, 7) is 2.72. The highest BCUT2D eigenvalue weighted by molar-refractivity contribution is 7.11. The number of hydrogen-bond acceptors (Lipinski definition) is 5. The maximum absolute atomic E-state index is 11.9. The smallest absolute Gasteiger partial charge is 0.226 e. The number of benzene rings is 1. The van der Waals surface area contributed by atoms with Gasteiger partial charge in [0.05, 0.1) is 17.9 Å². The molecule has 122 valence electrons. The summed E-state index contributed by atoms with van der Waals surface area (Å²) in [6, 6.07) is 9.67. The van der Waals surface area contributed by atoms with Crippen molar-refractivity contribution in [1.82, 2.24) is 10.3 Å². The van der Waals surface area contributed by atoms with Gasteiger partial charge in [-0.15, -0.1) is 11.3 Å². The van der Waals surface area contributed by atoms with Gasteiger partial charge >= 0.3 is 0 Å². The van der Waals surface area contributed by atoms with Crippen molar-refractivity contribution in [2.75, 3.05) is 19.8 Å². The van der Waals surface area contributed by atoms with Gasteiger partial charge in [0.15, 0.2) is 0 Å². The largest absolute Gasteiger partial charge is 0.488 e. The first-order chi connectivity index (χ1) is 11.3. The van der Waals surface area contributed by atoms with Crippen molar-refractivity contribution >= 4 is 17.2 Å². The first-order valence-corrected chi connectivity index (χ1v) is 8.57. The first kappa shape index (κ1) is 16.0. The molecule has 1 atom stereocenters. The molecular formula is C17H20N2O3S. The summed E-state index contributed by atoms with van der Waals surface area (Å²) in [6.07, 6.45) is 3.13. The van der Waals surface area contributed by atoms with Crippen LogP contribution in [0.1, 0.15) is 16.3 Å². The Balaban J connectivity index is 1.42. The number of amides is 1. The highest BCUT2D eigenvalue weighted by Gasteiger charge is 2.16. The van der Waals surface area contributed by atoms with Crippen molar-refractivity contribution in [2.24, 2.45) is 5.92 Å². The fourth-order valence-corrected chi connectivity index (χ4v) is 3.20. The van der Waals surface area contributed by atoms with Crippen LogP contribution in [0.2, 0.25) is 0 Å². The Morgan fingerprint density at radius 2 is 2.26 bits per heavy atom. The minimum atomic E-state index is 0.0155. The Morgan fingerprint density at radius 3 is 3.04 bits per heavy atom. The van der Waals surface area contributed by atoms with Crippen LogP contribution in [0.3, 0.4) is 0 Å². The van der Waals surface area contributed by atoms with Gasteiger partial charge < -0.3 is 14.8 Å². The number of aromatic nitrogens is 1.